The molecule has 0 bridgehead atoms. The number of thioether (sulfide) groups is 1. The SMILES string of the molecule is CO[Si](CCCC(=O)CC(O)CSN1NC=C(SCCCS)S1)(OC)OC. The summed E-state index contributed by atoms with van der Waals surface area (Å²) in [6.45, 7) is 0. The lowest BCUT2D eigenvalue weighted by atomic mass is 10.1. The first kappa shape index (κ1) is 25.7. The van der Waals surface area contributed by atoms with E-state index in [9.17, 15) is 9.90 Å². The van der Waals surface area contributed by atoms with Crippen LogP contribution in [0.15, 0.2) is 10.4 Å². The minimum Gasteiger partial charge on any atom is -0.392 e. The molecule has 0 aromatic heterocycles. The van der Waals surface area contributed by atoms with E-state index >= 15 is 0 Å². The van der Waals surface area contributed by atoms with Crippen LogP contribution < -0.4 is 5.43 Å². The Bertz CT molecular complexity index is 463. The highest BCUT2D eigenvalue weighted by Crippen LogP contribution is 2.38. The van der Waals surface area contributed by atoms with Gasteiger partial charge in [0.05, 0.1) is 10.3 Å². The average molecular weight is 475 g/mol. The second-order valence-corrected chi connectivity index (χ2v) is 12.8. The van der Waals surface area contributed by atoms with E-state index in [1.807, 2.05) is 10.0 Å². The van der Waals surface area contributed by atoms with Crippen molar-refractivity contribution in [1.82, 2.24) is 9.25 Å². The highest BCUT2D eigenvalue weighted by atomic mass is 32.2. The summed E-state index contributed by atoms with van der Waals surface area (Å²) in [6, 6.07) is 0.584. The van der Waals surface area contributed by atoms with Crippen molar-refractivity contribution < 1.29 is 23.2 Å². The molecular weight excluding hydrogens is 445 g/mol. The fourth-order valence-corrected chi connectivity index (χ4v) is 7.35. The number of carbonyl (C=O) groups is 1. The molecule has 1 atom stereocenters. The van der Waals surface area contributed by atoms with Crippen molar-refractivity contribution >= 4 is 62.9 Å². The number of hydrogen-bond donors (Lipinski definition) is 3. The van der Waals surface area contributed by atoms with Gasteiger partial charge in [-0.1, -0.05) is 0 Å². The minimum absolute atomic E-state index is 0.0393. The quantitative estimate of drug-likeness (QED) is 0.134. The second kappa shape index (κ2) is 14.6. The van der Waals surface area contributed by atoms with Crippen LogP contribution in [0, 0.1) is 0 Å². The maximum Gasteiger partial charge on any atom is 0.500 e. The third kappa shape index (κ3) is 10.3. The number of hydrogen-bond acceptors (Lipinski definition) is 11. The topological polar surface area (TPSA) is 80.3 Å². The van der Waals surface area contributed by atoms with Crippen molar-refractivity contribution in [1.29, 1.82) is 0 Å². The van der Waals surface area contributed by atoms with Crippen molar-refractivity contribution in [3.05, 3.63) is 10.4 Å². The summed E-state index contributed by atoms with van der Waals surface area (Å²) in [4.78, 5) is 12.1. The van der Waals surface area contributed by atoms with Crippen molar-refractivity contribution in [3.8, 4) is 0 Å². The molecule has 2 N–H and O–H groups in total. The van der Waals surface area contributed by atoms with Crippen LogP contribution in [0.3, 0.4) is 0 Å². The molecule has 7 nitrogen and oxygen atoms in total. The number of nitrogens with one attached hydrogen (secondary N) is 1. The Morgan fingerprint density at radius 3 is 2.70 bits per heavy atom. The van der Waals surface area contributed by atoms with Crippen LogP contribution in [-0.4, -0.2) is 68.2 Å². The second-order valence-electron chi connectivity index (χ2n) is 5.71. The van der Waals surface area contributed by atoms with Crippen molar-refractivity contribution in [2.24, 2.45) is 0 Å². The largest absolute Gasteiger partial charge is 0.500 e. The van der Waals surface area contributed by atoms with Gasteiger partial charge in [0.25, 0.3) is 0 Å². The zero-order chi connectivity index (χ0) is 20.1. The predicted molar refractivity (Wildman–Crippen MR) is 120 cm³/mol. The van der Waals surface area contributed by atoms with Gasteiger partial charge in [-0.15, -0.1) is 15.6 Å². The number of Topliss-reactive ketones (excluding diaryl/α,β-unsaturated/α-hetero) is 1. The van der Waals surface area contributed by atoms with Gasteiger partial charge < -0.3 is 23.8 Å². The summed E-state index contributed by atoms with van der Waals surface area (Å²) in [5.74, 6) is 2.43. The molecule has 0 fully saturated rings. The monoisotopic (exact) mass is 474 g/mol. The Morgan fingerprint density at radius 1 is 1.37 bits per heavy atom. The summed E-state index contributed by atoms with van der Waals surface area (Å²) in [7, 11) is 2.06. The first-order valence-corrected chi connectivity index (χ1v) is 13.9. The van der Waals surface area contributed by atoms with Gasteiger partial charge >= 0.3 is 8.80 Å². The molecule has 0 amide bonds. The Balaban J connectivity index is 2.16. The van der Waals surface area contributed by atoms with Gasteiger partial charge in [0, 0.05) is 52.2 Å². The highest BCUT2D eigenvalue weighted by Gasteiger charge is 2.37. The number of hydrazine groups is 1. The van der Waals surface area contributed by atoms with Crippen LogP contribution in [-0.2, 0) is 18.1 Å². The summed E-state index contributed by atoms with van der Waals surface area (Å²) >= 11 is 9.06. The molecule has 27 heavy (non-hydrogen) atoms. The lowest BCUT2D eigenvalue weighted by molar-refractivity contribution is -0.120. The first-order chi connectivity index (χ1) is 13.0. The van der Waals surface area contributed by atoms with Gasteiger partial charge in [0.1, 0.15) is 5.78 Å². The standard InChI is InChI=1S/C15H30N2O5S4Si/c1-20-27(21-2,22-3)9-4-6-13(18)10-14(19)12-25-17-16-11-15(26-17)24-8-5-7-23/h11,14,16,19,23H,4-10,12H2,1-3H3. The molecule has 1 aliphatic rings. The maximum absolute atomic E-state index is 12.1. The number of aliphatic hydroxyl groups excluding tert-OH is 1. The van der Waals surface area contributed by atoms with Crippen LogP contribution in [0.25, 0.3) is 0 Å². The molecule has 1 unspecified atom stereocenters. The zero-order valence-corrected chi connectivity index (χ0v) is 20.4. The summed E-state index contributed by atoms with van der Waals surface area (Å²) in [5, 5.41) is 10.1. The van der Waals surface area contributed by atoms with Gasteiger partial charge in [-0.25, -0.2) is 0 Å². The first-order valence-electron chi connectivity index (χ1n) is 8.64. The van der Waals surface area contributed by atoms with E-state index in [2.05, 4.69) is 18.1 Å². The number of thiol groups is 1. The number of nitrogens with zero attached hydrogens (tertiary/aromatic N) is 1. The number of rotatable bonds is 16. The Labute approximate surface area is 181 Å². The normalized spacial score (nSPS) is 16.3. The highest BCUT2D eigenvalue weighted by molar-refractivity contribution is 8.25. The van der Waals surface area contributed by atoms with E-state index in [1.54, 1.807) is 45.0 Å². The molecule has 1 rings (SSSR count). The molecule has 0 spiro atoms. The molecule has 0 saturated heterocycles. The predicted octanol–water partition coefficient (Wildman–Crippen LogP) is 2.93. The number of carbonyl (C=O) groups excluding carboxylic acids is 1. The van der Waals surface area contributed by atoms with E-state index < -0.39 is 14.9 Å². The fourth-order valence-electron chi connectivity index (χ4n) is 2.24. The number of ketones is 1. The zero-order valence-electron chi connectivity index (χ0n) is 16.0. The Kier molecular flexibility index (Phi) is 13.9. The molecular formula is C15H30N2O5S4Si. The maximum atomic E-state index is 12.1. The van der Waals surface area contributed by atoms with E-state index in [-0.39, 0.29) is 12.2 Å². The van der Waals surface area contributed by atoms with Crippen LogP contribution in [0.4, 0.5) is 0 Å². The molecule has 1 aliphatic heterocycles. The van der Waals surface area contributed by atoms with E-state index in [4.69, 9.17) is 13.3 Å². The lowest BCUT2D eigenvalue weighted by Gasteiger charge is -2.24. The van der Waals surface area contributed by atoms with Gasteiger partial charge in [-0.3, -0.25) is 4.79 Å². The Morgan fingerprint density at radius 2 is 2.07 bits per heavy atom. The van der Waals surface area contributed by atoms with Crippen molar-refractivity contribution in [3.63, 3.8) is 0 Å². The van der Waals surface area contributed by atoms with Gasteiger partial charge in [0.15, 0.2) is 0 Å². The smallest absolute Gasteiger partial charge is 0.392 e. The van der Waals surface area contributed by atoms with E-state index in [1.165, 1.54) is 16.2 Å². The van der Waals surface area contributed by atoms with Crippen LogP contribution in [0.2, 0.25) is 6.04 Å². The molecule has 0 saturated carbocycles. The van der Waals surface area contributed by atoms with E-state index in [0.29, 0.717) is 24.6 Å². The molecule has 0 aliphatic carbocycles. The molecule has 0 aromatic carbocycles. The average Bonchev–Trinajstić information content (AvgIpc) is 3.12. The molecule has 158 valence electrons. The third-order valence-corrected chi connectivity index (χ3v) is 10.3. The minimum atomic E-state index is -2.62. The van der Waals surface area contributed by atoms with Crippen LogP contribution >= 0.6 is 48.3 Å². The lowest BCUT2D eigenvalue weighted by Crippen LogP contribution is -2.42. The van der Waals surface area contributed by atoms with Crippen molar-refractivity contribution in [2.45, 2.75) is 37.8 Å². The summed E-state index contributed by atoms with van der Waals surface area (Å²) in [6.07, 6.45) is 3.53. The van der Waals surface area contributed by atoms with Crippen molar-refractivity contribution in [2.75, 3.05) is 38.6 Å². The third-order valence-electron chi connectivity index (χ3n) is 3.73. The van der Waals surface area contributed by atoms with Crippen LogP contribution in [0.5, 0.6) is 0 Å². The van der Waals surface area contributed by atoms with Gasteiger partial charge in [0.2, 0.25) is 0 Å². The molecule has 0 aromatic rings. The molecule has 0 radical (unpaired) electrons. The van der Waals surface area contributed by atoms with Gasteiger partial charge in [-0.2, -0.15) is 12.6 Å². The summed E-state index contributed by atoms with van der Waals surface area (Å²) < 4.78 is 19.1. The molecule has 12 heteroatoms. The summed E-state index contributed by atoms with van der Waals surface area (Å²) in [5.41, 5.74) is 3.14. The Hall–Kier alpha value is 0.627. The fraction of sp³-hybridized carbons (Fsp3) is 0.800. The van der Waals surface area contributed by atoms with E-state index in [0.717, 1.165) is 17.9 Å². The molecule has 1 heterocycles. The van der Waals surface area contributed by atoms with Crippen LogP contribution in [0.1, 0.15) is 25.7 Å². The number of aliphatic hydroxyl groups is 1. The van der Waals surface area contributed by atoms with Gasteiger partial charge in [-0.05, 0) is 48.2 Å².